The van der Waals surface area contributed by atoms with Crippen molar-refractivity contribution in [2.45, 2.75) is 13.8 Å². The zero-order valence-electron chi connectivity index (χ0n) is 7.26. The Morgan fingerprint density at radius 2 is 1.75 bits per heavy atom. The SMILES string of the molecule is CC(C)C#Cc1ccc(F)cc1. The Hall–Kier alpha value is -1.29. The predicted molar refractivity (Wildman–Crippen MR) is 48.1 cm³/mol. The molecule has 0 bridgehead atoms. The van der Waals surface area contributed by atoms with Crippen LogP contribution in [0.2, 0.25) is 0 Å². The summed E-state index contributed by atoms with van der Waals surface area (Å²) < 4.78 is 12.4. The molecular weight excluding hydrogens is 151 g/mol. The van der Waals surface area contributed by atoms with E-state index in [-0.39, 0.29) is 5.82 Å². The molecule has 0 spiro atoms. The molecule has 1 aromatic rings. The van der Waals surface area contributed by atoms with E-state index in [9.17, 15) is 4.39 Å². The summed E-state index contributed by atoms with van der Waals surface area (Å²) in [4.78, 5) is 0. The maximum atomic E-state index is 12.4. The van der Waals surface area contributed by atoms with Crippen LogP contribution in [0, 0.1) is 23.6 Å². The molecule has 0 saturated heterocycles. The summed E-state index contributed by atoms with van der Waals surface area (Å²) in [5, 5.41) is 0. The fraction of sp³-hybridized carbons (Fsp3) is 0.273. The highest BCUT2D eigenvalue weighted by Gasteiger charge is 1.88. The zero-order chi connectivity index (χ0) is 8.97. The van der Waals surface area contributed by atoms with Crippen LogP contribution in [-0.2, 0) is 0 Å². The van der Waals surface area contributed by atoms with Gasteiger partial charge in [-0.05, 0) is 24.3 Å². The molecular formula is C11H11F. The van der Waals surface area contributed by atoms with Gasteiger partial charge in [0.1, 0.15) is 5.82 Å². The Morgan fingerprint density at radius 3 is 2.25 bits per heavy atom. The topological polar surface area (TPSA) is 0 Å². The van der Waals surface area contributed by atoms with Crippen molar-refractivity contribution >= 4 is 0 Å². The second-order valence-electron chi connectivity index (χ2n) is 2.93. The van der Waals surface area contributed by atoms with Crippen molar-refractivity contribution in [3.8, 4) is 11.8 Å². The van der Waals surface area contributed by atoms with Crippen LogP contribution < -0.4 is 0 Å². The standard InChI is InChI=1S/C11H11F/c1-9(2)3-4-10-5-7-11(12)8-6-10/h5-9H,1-2H3. The van der Waals surface area contributed by atoms with Crippen molar-refractivity contribution in [2.75, 3.05) is 0 Å². The molecule has 0 aliphatic heterocycles. The highest BCUT2D eigenvalue weighted by atomic mass is 19.1. The van der Waals surface area contributed by atoms with Gasteiger partial charge in [-0.2, -0.15) is 0 Å². The van der Waals surface area contributed by atoms with Gasteiger partial charge < -0.3 is 0 Å². The first-order valence-corrected chi connectivity index (χ1v) is 3.95. The van der Waals surface area contributed by atoms with Crippen molar-refractivity contribution in [1.82, 2.24) is 0 Å². The van der Waals surface area contributed by atoms with Crippen molar-refractivity contribution < 1.29 is 4.39 Å². The Labute approximate surface area is 72.4 Å². The first-order valence-electron chi connectivity index (χ1n) is 3.95. The normalized spacial score (nSPS) is 9.33. The quantitative estimate of drug-likeness (QED) is 0.514. The summed E-state index contributed by atoms with van der Waals surface area (Å²) in [7, 11) is 0. The maximum absolute atomic E-state index is 12.4. The van der Waals surface area contributed by atoms with Gasteiger partial charge in [-0.1, -0.05) is 25.7 Å². The van der Waals surface area contributed by atoms with E-state index >= 15 is 0 Å². The highest BCUT2D eigenvalue weighted by Crippen LogP contribution is 2.01. The fourth-order valence-corrected chi connectivity index (χ4v) is 0.761. The van der Waals surface area contributed by atoms with Crippen molar-refractivity contribution in [3.05, 3.63) is 35.6 Å². The molecule has 0 aromatic heterocycles. The smallest absolute Gasteiger partial charge is 0.123 e. The highest BCUT2D eigenvalue weighted by molar-refractivity contribution is 5.34. The Bertz CT molecular complexity index is 298. The maximum Gasteiger partial charge on any atom is 0.123 e. The summed E-state index contributed by atoms with van der Waals surface area (Å²) in [6.45, 7) is 4.05. The van der Waals surface area contributed by atoms with E-state index in [2.05, 4.69) is 11.8 Å². The molecule has 0 radical (unpaired) electrons. The largest absolute Gasteiger partial charge is 0.207 e. The predicted octanol–water partition coefficient (Wildman–Crippen LogP) is 2.83. The number of hydrogen-bond donors (Lipinski definition) is 0. The van der Waals surface area contributed by atoms with Crippen molar-refractivity contribution in [3.63, 3.8) is 0 Å². The van der Waals surface area contributed by atoms with Crippen LogP contribution in [0.5, 0.6) is 0 Å². The fourth-order valence-electron chi connectivity index (χ4n) is 0.761. The van der Waals surface area contributed by atoms with Crippen LogP contribution in [0.25, 0.3) is 0 Å². The molecule has 0 aliphatic carbocycles. The first-order chi connectivity index (χ1) is 5.68. The van der Waals surface area contributed by atoms with Gasteiger partial charge in [0.2, 0.25) is 0 Å². The van der Waals surface area contributed by atoms with Crippen LogP contribution in [0.4, 0.5) is 4.39 Å². The lowest BCUT2D eigenvalue weighted by molar-refractivity contribution is 0.627. The van der Waals surface area contributed by atoms with Gasteiger partial charge in [-0.3, -0.25) is 0 Å². The van der Waals surface area contributed by atoms with E-state index in [1.165, 1.54) is 12.1 Å². The second kappa shape index (κ2) is 3.92. The molecule has 0 amide bonds. The molecule has 0 heterocycles. The van der Waals surface area contributed by atoms with E-state index in [0.717, 1.165) is 5.56 Å². The minimum Gasteiger partial charge on any atom is -0.207 e. The zero-order valence-corrected chi connectivity index (χ0v) is 7.26. The minimum absolute atomic E-state index is 0.218. The van der Waals surface area contributed by atoms with Crippen molar-refractivity contribution in [2.24, 2.45) is 5.92 Å². The van der Waals surface area contributed by atoms with Crippen LogP contribution in [0.1, 0.15) is 19.4 Å². The molecule has 1 heteroatoms. The van der Waals surface area contributed by atoms with E-state index in [1.54, 1.807) is 12.1 Å². The minimum atomic E-state index is -0.218. The van der Waals surface area contributed by atoms with Gasteiger partial charge in [0.25, 0.3) is 0 Å². The van der Waals surface area contributed by atoms with Gasteiger partial charge >= 0.3 is 0 Å². The average molecular weight is 162 g/mol. The molecule has 1 aromatic carbocycles. The van der Waals surface area contributed by atoms with Crippen LogP contribution in [0.3, 0.4) is 0 Å². The van der Waals surface area contributed by atoms with Crippen LogP contribution >= 0.6 is 0 Å². The van der Waals surface area contributed by atoms with Gasteiger partial charge in [0.05, 0.1) is 0 Å². The molecule has 0 unspecified atom stereocenters. The summed E-state index contributed by atoms with van der Waals surface area (Å²) in [6.07, 6.45) is 0. The Kier molecular flexibility index (Phi) is 2.88. The first kappa shape index (κ1) is 8.80. The summed E-state index contributed by atoms with van der Waals surface area (Å²) in [5.74, 6) is 6.10. The molecule has 0 aliphatic rings. The van der Waals surface area contributed by atoms with Gasteiger partial charge in [-0.25, -0.2) is 4.39 Å². The average Bonchev–Trinajstić information content (AvgIpc) is 2.03. The third-order valence-electron chi connectivity index (χ3n) is 1.35. The third-order valence-corrected chi connectivity index (χ3v) is 1.35. The number of hydrogen-bond acceptors (Lipinski definition) is 0. The van der Waals surface area contributed by atoms with E-state index in [4.69, 9.17) is 0 Å². The lowest BCUT2D eigenvalue weighted by Gasteiger charge is -1.90. The molecule has 0 atom stereocenters. The van der Waals surface area contributed by atoms with Crippen LogP contribution in [0.15, 0.2) is 24.3 Å². The monoisotopic (exact) mass is 162 g/mol. The number of halogens is 1. The van der Waals surface area contributed by atoms with E-state index in [0.29, 0.717) is 5.92 Å². The lowest BCUT2D eigenvalue weighted by Crippen LogP contribution is -1.80. The molecule has 12 heavy (non-hydrogen) atoms. The third kappa shape index (κ3) is 2.75. The molecule has 1 rings (SSSR count). The molecule has 0 saturated carbocycles. The second-order valence-corrected chi connectivity index (χ2v) is 2.93. The number of rotatable bonds is 0. The molecule has 0 fully saturated rings. The molecule has 0 N–H and O–H groups in total. The Balaban J connectivity index is 2.79. The summed E-state index contributed by atoms with van der Waals surface area (Å²) in [5.41, 5.74) is 0.866. The number of benzene rings is 1. The van der Waals surface area contributed by atoms with Gasteiger partial charge in [-0.15, -0.1) is 0 Å². The van der Waals surface area contributed by atoms with Gasteiger partial charge in [0, 0.05) is 11.5 Å². The van der Waals surface area contributed by atoms with E-state index in [1.807, 2.05) is 13.8 Å². The lowest BCUT2D eigenvalue weighted by atomic mass is 10.2. The summed E-state index contributed by atoms with van der Waals surface area (Å²) >= 11 is 0. The van der Waals surface area contributed by atoms with Crippen LogP contribution in [-0.4, -0.2) is 0 Å². The Morgan fingerprint density at radius 1 is 1.17 bits per heavy atom. The molecule has 62 valence electrons. The molecule has 0 nitrogen and oxygen atoms in total. The summed E-state index contributed by atoms with van der Waals surface area (Å²) in [6, 6.07) is 6.21. The van der Waals surface area contributed by atoms with Crippen molar-refractivity contribution in [1.29, 1.82) is 0 Å². The van der Waals surface area contributed by atoms with Gasteiger partial charge in [0.15, 0.2) is 0 Å². The van der Waals surface area contributed by atoms with E-state index < -0.39 is 0 Å².